The number of hydrogen-bond acceptors (Lipinski definition) is 3. The summed E-state index contributed by atoms with van der Waals surface area (Å²) in [6.45, 7) is 0.726. The first kappa shape index (κ1) is 8.99. The Labute approximate surface area is 82.5 Å². The van der Waals surface area contributed by atoms with Crippen LogP contribution in [0.25, 0.3) is 0 Å². The summed E-state index contributed by atoms with van der Waals surface area (Å²) in [6, 6.07) is 1.85. The van der Waals surface area contributed by atoms with Crippen LogP contribution < -0.4 is 4.90 Å². The Morgan fingerprint density at radius 1 is 1.64 bits per heavy atom. The monoisotopic (exact) mass is 192 g/mol. The van der Waals surface area contributed by atoms with Crippen molar-refractivity contribution in [3.8, 4) is 0 Å². The van der Waals surface area contributed by atoms with Gasteiger partial charge in [0, 0.05) is 18.9 Å². The first-order chi connectivity index (χ1) is 6.83. The topological polar surface area (TPSA) is 42.4 Å². The van der Waals surface area contributed by atoms with E-state index in [1.54, 1.807) is 11.1 Å². The quantitative estimate of drug-likeness (QED) is 0.627. The highest BCUT2D eigenvalue weighted by atomic mass is 16.5. The molecule has 0 atom stereocenters. The Morgan fingerprint density at radius 3 is 3.29 bits per heavy atom. The highest BCUT2D eigenvalue weighted by Crippen LogP contribution is 2.25. The van der Waals surface area contributed by atoms with Crippen molar-refractivity contribution < 1.29 is 9.53 Å². The number of hydrogen-bond donors (Lipinski definition) is 0. The molecule has 2 heterocycles. The smallest absolute Gasteiger partial charge is 0.414 e. The van der Waals surface area contributed by atoms with E-state index >= 15 is 0 Å². The van der Waals surface area contributed by atoms with Gasteiger partial charge in [0.05, 0.1) is 12.8 Å². The van der Waals surface area contributed by atoms with Crippen LogP contribution in [0.4, 0.5) is 10.5 Å². The number of carbonyl (C=O) groups excluding carboxylic acids is 1. The van der Waals surface area contributed by atoms with Crippen LogP contribution in [0.15, 0.2) is 18.5 Å². The molecule has 0 spiro atoms. The van der Waals surface area contributed by atoms with Crippen LogP contribution in [0.3, 0.4) is 0 Å². The van der Waals surface area contributed by atoms with E-state index in [9.17, 15) is 4.79 Å². The Kier molecular flexibility index (Phi) is 2.35. The van der Waals surface area contributed by atoms with Crippen molar-refractivity contribution in [3.05, 3.63) is 24.0 Å². The zero-order chi connectivity index (χ0) is 9.97. The standard InChI is InChI=1S/C10H12N2O2/c1-14-10(13)12-6-2-3-8-7-11-5-4-9(8)12/h4-5,7H,2-3,6H2,1H3. The van der Waals surface area contributed by atoms with Gasteiger partial charge in [-0.3, -0.25) is 9.88 Å². The van der Waals surface area contributed by atoms with Gasteiger partial charge in [-0.2, -0.15) is 0 Å². The Morgan fingerprint density at radius 2 is 2.50 bits per heavy atom. The van der Waals surface area contributed by atoms with Crippen LogP contribution in [-0.4, -0.2) is 24.7 Å². The molecule has 1 aliphatic rings. The zero-order valence-corrected chi connectivity index (χ0v) is 8.06. The van der Waals surface area contributed by atoms with Gasteiger partial charge in [-0.1, -0.05) is 0 Å². The molecule has 1 amide bonds. The number of carbonyl (C=O) groups is 1. The fourth-order valence-electron chi connectivity index (χ4n) is 1.72. The molecule has 2 rings (SSSR count). The number of fused-ring (bicyclic) bond motifs is 1. The maximum atomic E-state index is 11.4. The lowest BCUT2D eigenvalue weighted by atomic mass is 10.1. The minimum absolute atomic E-state index is 0.294. The van der Waals surface area contributed by atoms with Crippen molar-refractivity contribution in [2.75, 3.05) is 18.6 Å². The molecule has 0 saturated carbocycles. The zero-order valence-electron chi connectivity index (χ0n) is 8.06. The molecule has 0 fully saturated rings. The molecule has 0 N–H and O–H groups in total. The van der Waals surface area contributed by atoms with Gasteiger partial charge < -0.3 is 4.74 Å². The normalized spacial score (nSPS) is 14.8. The third-order valence-electron chi connectivity index (χ3n) is 2.39. The minimum atomic E-state index is -0.294. The summed E-state index contributed by atoms with van der Waals surface area (Å²) in [7, 11) is 1.40. The highest BCUT2D eigenvalue weighted by molar-refractivity contribution is 5.88. The molecule has 0 radical (unpaired) electrons. The molecule has 14 heavy (non-hydrogen) atoms. The summed E-state index contributed by atoms with van der Waals surface area (Å²) in [4.78, 5) is 17.1. The second kappa shape index (κ2) is 3.65. The highest BCUT2D eigenvalue weighted by Gasteiger charge is 2.22. The molecule has 4 heteroatoms. The number of aryl methyl sites for hydroxylation is 1. The van der Waals surface area contributed by atoms with E-state index in [4.69, 9.17) is 4.74 Å². The van der Waals surface area contributed by atoms with E-state index in [1.165, 1.54) is 7.11 Å². The number of methoxy groups -OCH3 is 1. The molecule has 0 saturated heterocycles. The van der Waals surface area contributed by atoms with Gasteiger partial charge in [0.15, 0.2) is 0 Å². The summed E-state index contributed by atoms with van der Waals surface area (Å²) in [5, 5.41) is 0. The van der Waals surface area contributed by atoms with Crippen molar-refractivity contribution in [3.63, 3.8) is 0 Å². The van der Waals surface area contributed by atoms with Gasteiger partial charge in [-0.05, 0) is 24.5 Å². The number of amides is 1. The molecule has 1 aromatic heterocycles. The maximum Gasteiger partial charge on any atom is 0.414 e. The second-order valence-electron chi connectivity index (χ2n) is 3.23. The van der Waals surface area contributed by atoms with Gasteiger partial charge in [0.2, 0.25) is 0 Å². The van der Waals surface area contributed by atoms with Crippen LogP contribution in [0.5, 0.6) is 0 Å². The lowest BCUT2D eigenvalue weighted by molar-refractivity contribution is 0.178. The lowest BCUT2D eigenvalue weighted by Crippen LogP contribution is -2.35. The second-order valence-corrected chi connectivity index (χ2v) is 3.23. The van der Waals surface area contributed by atoms with Crippen LogP contribution in [-0.2, 0) is 11.2 Å². The van der Waals surface area contributed by atoms with E-state index in [1.807, 2.05) is 12.3 Å². The Hall–Kier alpha value is -1.58. The molecule has 1 aliphatic heterocycles. The number of anilines is 1. The summed E-state index contributed by atoms with van der Waals surface area (Å²) in [5.74, 6) is 0. The lowest BCUT2D eigenvalue weighted by Gasteiger charge is -2.27. The van der Waals surface area contributed by atoms with Crippen LogP contribution in [0.1, 0.15) is 12.0 Å². The number of nitrogens with zero attached hydrogens (tertiary/aromatic N) is 2. The number of rotatable bonds is 0. The van der Waals surface area contributed by atoms with Crippen molar-refractivity contribution in [2.45, 2.75) is 12.8 Å². The van der Waals surface area contributed by atoms with Crippen molar-refractivity contribution >= 4 is 11.8 Å². The molecule has 0 aromatic carbocycles. The molecular formula is C10H12N2O2. The molecule has 0 aliphatic carbocycles. The third-order valence-corrected chi connectivity index (χ3v) is 2.39. The summed E-state index contributed by atoms with van der Waals surface area (Å²) < 4.78 is 4.71. The number of aromatic nitrogens is 1. The molecule has 0 unspecified atom stereocenters. The third kappa shape index (κ3) is 1.43. The van der Waals surface area contributed by atoms with Gasteiger partial charge in [0.25, 0.3) is 0 Å². The first-order valence-electron chi connectivity index (χ1n) is 4.61. The summed E-state index contributed by atoms with van der Waals surface area (Å²) >= 11 is 0. The predicted molar refractivity (Wildman–Crippen MR) is 52.3 cm³/mol. The van der Waals surface area contributed by atoms with Crippen molar-refractivity contribution in [1.29, 1.82) is 0 Å². The minimum Gasteiger partial charge on any atom is -0.452 e. The van der Waals surface area contributed by atoms with E-state index in [2.05, 4.69) is 4.98 Å². The van der Waals surface area contributed by atoms with E-state index < -0.39 is 0 Å². The summed E-state index contributed by atoms with van der Waals surface area (Å²) in [5.41, 5.74) is 2.04. The van der Waals surface area contributed by atoms with E-state index in [-0.39, 0.29) is 6.09 Å². The molecule has 1 aromatic rings. The number of pyridine rings is 1. The van der Waals surface area contributed by atoms with Gasteiger partial charge >= 0.3 is 6.09 Å². The SMILES string of the molecule is COC(=O)N1CCCc2cnccc21. The average Bonchev–Trinajstić information content (AvgIpc) is 2.27. The van der Waals surface area contributed by atoms with Crippen LogP contribution >= 0.6 is 0 Å². The van der Waals surface area contributed by atoms with Gasteiger partial charge in [-0.25, -0.2) is 4.79 Å². The van der Waals surface area contributed by atoms with E-state index in [0.29, 0.717) is 0 Å². The Balaban J connectivity index is 2.35. The van der Waals surface area contributed by atoms with E-state index in [0.717, 1.165) is 30.6 Å². The largest absolute Gasteiger partial charge is 0.452 e. The number of ether oxygens (including phenoxy) is 1. The van der Waals surface area contributed by atoms with Gasteiger partial charge in [-0.15, -0.1) is 0 Å². The molecule has 4 nitrogen and oxygen atoms in total. The predicted octanol–water partition coefficient (Wildman–Crippen LogP) is 1.60. The Bertz CT molecular complexity index is 352. The fourth-order valence-corrected chi connectivity index (χ4v) is 1.72. The molecule has 0 bridgehead atoms. The van der Waals surface area contributed by atoms with Crippen LogP contribution in [0, 0.1) is 0 Å². The summed E-state index contributed by atoms with van der Waals surface area (Å²) in [6.07, 6.45) is 5.16. The van der Waals surface area contributed by atoms with Crippen molar-refractivity contribution in [2.24, 2.45) is 0 Å². The average molecular weight is 192 g/mol. The van der Waals surface area contributed by atoms with Crippen LogP contribution in [0.2, 0.25) is 0 Å². The fraction of sp³-hybridized carbons (Fsp3) is 0.400. The van der Waals surface area contributed by atoms with Crippen molar-refractivity contribution in [1.82, 2.24) is 4.98 Å². The maximum absolute atomic E-state index is 11.4. The molecule has 74 valence electrons. The first-order valence-corrected chi connectivity index (χ1v) is 4.61. The van der Waals surface area contributed by atoms with Gasteiger partial charge in [0.1, 0.15) is 0 Å². The molecular weight excluding hydrogens is 180 g/mol.